The van der Waals surface area contributed by atoms with Crippen LogP contribution in [0.4, 0.5) is 5.69 Å². The van der Waals surface area contributed by atoms with Gasteiger partial charge in [-0.25, -0.2) is 0 Å². The van der Waals surface area contributed by atoms with E-state index in [2.05, 4.69) is 39.9 Å². The number of hydrogen-bond donors (Lipinski definition) is 1. The van der Waals surface area contributed by atoms with Crippen molar-refractivity contribution in [3.63, 3.8) is 0 Å². The van der Waals surface area contributed by atoms with Gasteiger partial charge in [0.15, 0.2) is 0 Å². The van der Waals surface area contributed by atoms with Gasteiger partial charge < -0.3 is 10.6 Å². The van der Waals surface area contributed by atoms with E-state index < -0.39 is 0 Å². The number of aryl methyl sites for hydroxylation is 2. The van der Waals surface area contributed by atoms with E-state index >= 15 is 0 Å². The summed E-state index contributed by atoms with van der Waals surface area (Å²) in [6.07, 6.45) is 2.43. The molecule has 1 aliphatic heterocycles. The van der Waals surface area contributed by atoms with Crippen LogP contribution in [-0.4, -0.2) is 19.6 Å². The molecule has 0 atom stereocenters. The number of benzene rings is 1. The molecule has 0 aromatic heterocycles. The molecule has 15 heavy (non-hydrogen) atoms. The summed E-state index contributed by atoms with van der Waals surface area (Å²) in [6.45, 7) is 5.02. The van der Waals surface area contributed by atoms with Gasteiger partial charge >= 0.3 is 0 Å². The zero-order valence-electron chi connectivity index (χ0n) is 9.09. The van der Waals surface area contributed by atoms with Crippen molar-refractivity contribution in [2.24, 2.45) is 5.73 Å². The Balaban J connectivity index is 2.41. The van der Waals surface area contributed by atoms with Gasteiger partial charge in [-0.1, -0.05) is 15.9 Å². The van der Waals surface area contributed by atoms with Crippen LogP contribution in [0.3, 0.4) is 0 Å². The van der Waals surface area contributed by atoms with E-state index in [1.54, 1.807) is 0 Å². The van der Waals surface area contributed by atoms with E-state index in [9.17, 15) is 0 Å². The van der Waals surface area contributed by atoms with E-state index in [4.69, 9.17) is 5.73 Å². The molecule has 2 rings (SSSR count). The minimum absolute atomic E-state index is 0.731. The minimum Gasteiger partial charge on any atom is -0.370 e. The summed E-state index contributed by atoms with van der Waals surface area (Å²) in [5.74, 6) is 0. The normalized spacial score (nSPS) is 15.3. The quantitative estimate of drug-likeness (QED) is 0.893. The molecular weight excluding hydrogens is 252 g/mol. The molecule has 0 saturated carbocycles. The fourth-order valence-electron chi connectivity index (χ4n) is 2.40. The van der Waals surface area contributed by atoms with Crippen molar-refractivity contribution < 1.29 is 0 Å². The van der Waals surface area contributed by atoms with Crippen LogP contribution >= 0.6 is 15.9 Å². The van der Waals surface area contributed by atoms with Crippen LogP contribution < -0.4 is 10.6 Å². The zero-order chi connectivity index (χ0) is 10.8. The molecule has 3 heteroatoms. The first-order valence-corrected chi connectivity index (χ1v) is 6.25. The molecule has 1 aromatic rings. The molecule has 0 unspecified atom stereocenters. The Labute approximate surface area is 99.6 Å². The molecule has 0 amide bonds. The molecule has 82 valence electrons. The fraction of sp³-hybridized carbons (Fsp3) is 0.500. The van der Waals surface area contributed by atoms with E-state index in [1.165, 1.54) is 34.1 Å². The predicted molar refractivity (Wildman–Crippen MR) is 68.5 cm³/mol. The van der Waals surface area contributed by atoms with Gasteiger partial charge in [0.2, 0.25) is 0 Å². The Hall–Kier alpha value is -0.540. The largest absolute Gasteiger partial charge is 0.370 e. The van der Waals surface area contributed by atoms with Gasteiger partial charge in [-0.3, -0.25) is 0 Å². The van der Waals surface area contributed by atoms with Crippen LogP contribution in [0.15, 0.2) is 16.6 Å². The van der Waals surface area contributed by atoms with E-state index in [0.717, 1.165) is 19.6 Å². The molecule has 0 fully saturated rings. The first-order chi connectivity index (χ1) is 7.22. The van der Waals surface area contributed by atoms with Crippen LogP contribution in [-0.2, 0) is 6.42 Å². The van der Waals surface area contributed by atoms with E-state index in [0.29, 0.717) is 0 Å². The Kier molecular flexibility index (Phi) is 3.32. The lowest BCUT2D eigenvalue weighted by molar-refractivity contribution is 0.689. The smallest absolute Gasteiger partial charge is 0.0429 e. The summed E-state index contributed by atoms with van der Waals surface area (Å²) >= 11 is 3.56. The summed E-state index contributed by atoms with van der Waals surface area (Å²) in [5.41, 5.74) is 9.87. The summed E-state index contributed by atoms with van der Waals surface area (Å²) in [5, 5.41) is 0. The Bertz CT molecular complexity index is 363. The lowest BCUT2D eigenvalue weighted by atomic mass is 9.98. The highest BCUT2D eigenvalue weighted by molar-refractivity contribution is 9.10. The van der Waals surface area contributed by atoms with Gasteiger partial charge in [-0.2, -0.15) is 0 Å². The molecule has 1 aliphatic rings. The maximum atomic E-state index is 5.65. The highest BCUT2D eigenvalue weighted by Gasteiger charge is 2.18. The molecule has 1 heterocycles. The molecular formula is C12H17BrN2. The van der Waals surface area contributed by atoms with Crippen LogP contribution in [0.2, 0.25) is 0 Å². The van der Waals surface area contributed by atoms with Crippen LogP contribution in [0, 0.1) is 6.92 Å². The predicted octanol–water partition coefficient (Wildman–Crippen LogP) is 2.47. The maximum absolute atomic E-state index is 5.65. The van der Waals surface area contributed by atoms with Crippen molar-refractivity contribution in [3.05, 3.63) is 27.7 Å². The summed E-state index contributed by atoms with van der Waals surface area (Å²) in [6, 6.07) is 4.43. The molecule has 0 bridgehead atoms. The third-order valence-corrected chi connectivity index (χ3v) is 3.39. The average Bonchev–Trinajstić information content (AvgIpc) is 2.17. The fourth-order valence-corrected chi connectivity index (χ4v) is 3.02. The molecule has 1 aromatic carbocycles. The number of nitrogens with zero attached hydrogens (tertiary/aromatic N) is 1. The van der Waals surface area contributed by atoms with Gasteiger partial charge in [0.25, 0.3) is 0 Å². The second-order valence-corrected chi connectivity index (χ2v) is 5.03. The number of nitrogens with two attached hydrogens (primary N) is 1. The zero-order valence-corrected chi connectivity index (χ0v) is 10.7. The van der Waals surface area contributed by atoms with Gasteiger partial charge in [0.1, 0.15) is 0 Å². The second kappa shape index (κ2) is 4.54. The van der Waals surface area contributed by atoms with Crippen molar-refractivity contribution in [1.29, 1.82) is 0 Å². The average molecular weight is 269 g/mol. The van der Waals surface area contributed by atoms with Crippen molar-refractivity contribution in [2.45, 2.75) is 19.8 Å². The molecule has 0 aliphatic carbocycles. The van der Waals surface area contributed by atoms with Crippen molar-refractivity contribution in [2.75, 3.05) is 24.5 Å². The molecule has 0 saturated heterocycles. The monoisotopic (exact) mass is 268 g/mol. The van der Waals surface area contributed by atoms with E-state index in [1.807, 2.05) is 0 Å². The SMILES string of the molecule is Cc1cc(Br)cc2c1N(CCN)CCC2. The Morgan fingerprint density at radius 1 is 1.47 bits per heavy atom. The third-order valence-electron chi connectivity index (χ3n) is 2.93. The number of fused-ring (bicyclic) bond motifs is 1. The van der Waals surface area contributed by atoms with Crippen molar-refractivity contribution in [3.8, 4) is 0 Å². The first kappa shape index (κ1) is 11.0. The summed E-state index contributed by atoms with van der Waals surface area (Å²) in [4.78, 5) is 2.42. The van der Waals surface area contributed by atoms with Gasteiger partial charge in [-0.05, 0) is 43.0 Å². The molecule has 0 radical (unpaired) electrons. The maximum Gasteiger partial charge on any atom is 0.0429 e. The first-order valence-electron chi connectivity index (χ1n) is 5.46. The molecule has 2 nitrogen and oxygen atoms in total. The van der Waals surface area contributed by atoms with Crippen LogP contribution in [0.5, 0.6) is 0 Å². The molecule has 0 spiro atoms. The highest BCUT2D eigenvalue weighted by Crippen LogP contribution is 2.33. The highest BCUT2D eigenvalue weighted by atomic mass is 79.9. The lowest BCUT2D eigenvalue weighted by Gasteiger charge is -2.32. The number of hydrogen-bond acceptors (Lipinski definition) is 2. The Morgan fingerprint density at radius 3 is 3.00 bits per heavy atom. The second-order valence-electron chi connectivity index (χ2n) is 4.11. The lowest BCUT2D eigenvalue weighted by Crippen LogP contribution is -2.34. The number of rotatable bonds is 2. The van der Waals surface area contributed by atoms with Crippen molar-refractivity contribution in [1.82, 2.24) is 0 Å². The minimum atomic E-state index is 0.731. The third kappa shape index (κ3) is 2.18. The topological polar surface area (TPSA) is 29.3 Å². The summed E-state index contributed by atoms with van der Waals surface area (Å²) in [7, 11) is 0. The standard InChI is InChI=1S/C12H17BrN2/c1-9-7-11(13)8-10-3-2-5-15(6-4-14)12(9)10/h7-8H,2-6,14H2,1H3. The number of halogens is 1. The van der Waals surface area contributed by atoms with Gasteiger partial charge in [0.05, 0.1) is 0 Å². The van der Waals surface area contributed by atoms with Gasteiger partial charge in [-0.15, -0.1) is 0 Å². The van der Waals surface area contributed by atoms with Crippen LogP contribution in [0.1, 0.15) is 17.5 Å². The molecule has 2 N–H and O–H groups in total. The summed E-state index contributed by atoms with van der Waals surface area (Å²) < 4.78 is 1.19. The van der Waals surface area contributed by atoms with E-state index in [-0.39, 0.29) is 0 Å². The van der Waals surface area contributed by atoms with Crippen molar-refractivity contribution >= 4 is 21.6 Å². The van der Waals surface area contributed by atoms with Gasteiger partial charge in [0, 0.05) is 29.8 Å². The van der Waals surface area contributed by atoms with Crippen LogP contribution in [0.25, 0.3) is 0 Å². The Morgan fingerprint density at radius 2 is 2.27 bits per heavy atom. The number of anilines is 1.